The molecule has 5 N–H and O–H groups in total. The van der Waals surface area contributed by atoms with Crippen LogP contribution in [0.1, 0.15) is 24.0 Å². The standard InChI is InChI=1S/C25H29ClNO6PS/c26-24-16-23(10-9-20(24)11-12-25(27,13-14-28)18-33-34(29,30)31)35-22-8-4-7-21(15-22)32-17-19-5-2-1-3-6-19/h1-10,15-16,28H,11-14,17-18,27H2,(H2,29,30,31). The van der Waals surface area contributed by atoms with Gasteiger partial charge >= 0.3 is 7.82 Å². The molecule has 3 aromatic rings. The van der Waals surface area contributed by atoms with E-state index in [1.54, 1.807) is 11.8 Å². The molecule has 0 aromatic heterocycles. The lowest BCUT2D eigenvalue weighted by Gasteiger charge is -2.29. The highest BCUT2D eigenvalue weighted by Crippen LogP contribution is 2.38. The Balaban J connectivity index is 1.60. The molecule has 10 heteroatoms. The highest BCUT2D eigenvalue weighted by Gasteiger charge is 2.29. The van der Waals surface area contributed by atoms with Crippen LogP contribution in [0.3, 0.4) is 0 Å². The van der Waals surface area contributed by atoms with Crippen LogP contribution in [0, 0.1) is 0 Å². The van der Waals surface area contributed by atoms with E-state index in [4.69, 9.17) is 31.9 Å². The Morgan fingerprint density at radius 1 is 0.971 bits per heavy atom. The Kier molecular flexibility index (Phi) is 10.2. The minimum Gasteiger partial charge on any atom is -0.489 e. The molecule has 0 saturated heterocycles. The number of nitrogens with two attached hydrogens (primary N) is 1. The molecule has 0 aliphatic heterocycles. The normalized spacial score (nSPS) is 13.4. The fraction of sp³-hybridized carbons (Fsp3) is 0.280. The lowest BCUT2D eigenvalue weighted by molar-refractivity contribution is 0.126. The number of aliphatic hydroxyl groups excluding tert-OH is 1. The summed E-state index contributed by atoms with van der Waals surface area (Å²) in [6.07, 6.45) is 0.940. The number of hydrogen-bond acceptors (Lipinski definition) is 6. The van der Waals surface area contributed by atoms with Gasteiger partial charge in [0.25, 0.3) is 0 Å². The minimum atomic E-state index is -4.65. The number of aliphatic hydroxyl groups is 1. The molecule has 1 unspecified atom stereocenters. The van der Waals surface area contributed by atoms with Crippen molar-refractivity contribution >= 4 is 31.2 Å². The Bertz CT molecular complexity index is 1150. The van der Waals surface area contributed by atoms with Crippen LogP contribution in [-0.2, 0) is 22.1 Å². The van der Waals surface area contributed by atoms with Crippen molar-refractivity contribution in [1.82, 2.24) is 0 Å². The van der Waals surface area contributed by atoms with E-state index in [-0.39, 0.29) is 19.6 Å². The second-order valence-electron chi connectivity index (χ2n) is 8.20. The van der Waals surface area contributed by atoms with Crippen molar-refractivity contribution < 1.29 is 28.7 Å². The molecular weight excluding hydrogens is 509 g/mol. The molecular formula is C25H29ClNO6PS. The van der Waals surface area contributed by atoms with Gasteiger partial charge in [-0.05, 0) is 60.7 Å². The van der Waals surface area contributed by atoms with Crippen molar-refractivity contribution in [2.24, 2.45) is 5.73 Å². The lowest BCUT2D eigenvalue weighted by atomic mass is 9.90. The molecule has 7 nitrogen and oxygen atoms in total. The van der Waals surface area contributed by atoms with Crippen molar-refractivity contribution in [2.75, 3.05) is 13.2 Å². The Labute approximate surface area is 214 Å². The first kappa shape index (κ1) is 27.7. The minimum absolute atomic E-state index is 0.140. The third-order valence-corrected chi connectivity index (χ3v) is 7.13. The molecule has 188 valence electrons. The summed E-state index contributed by atoms with van der Waals surface area (Å²) in [5.74, 6) is 0.780. The van der Waals surface area contributed by atoms with Gasteiger partial charge in [0.15, 0.2) is 0 Å². The van der Waals surface area contributed by atoms with E-state index in [1.165, 1.54) is 0 Å². The van der Waals surface area contributed by atoms with Crippen LogP contribution in [0.5, 0.6) is 5.75 Å². The van der Waals surface area contributed by atoms with Gasteiger partial charge in [0.2, 0.25) is 0 Å². The predicted molar refractivity (Wildman–Crippen MR) is 138 cm³/mol. The van der Waals surface area contributed by atoms with E-state index in [2.05, 4.69) is 4.52 Å². The maximum Gasteiger partial charge on any atom is 0.469 e. The van der Waals surface area contributed by atoms with Gasteiger partial charge in [-0.15, -0.1) is 0 Å². The van der Waals surface area contributed by atoms with Crippen LogP contribution >= 0.6 is 31.2 Å². The molecule has 0 spiro atoms. The maximum absolute atomic E-state index is 11.0. The van der Waals surface area contributed by atoms with Gasteiger partial charge in [-0.3, -0.25) is 4.52 Å². The van der Waals surface area contributed by atoms with Gasteiger partial charge in [-0.25, -0.2) is 4.57 Å². The zero-order valence-electron chi connectivity index (χ0n) is 19.0. The Hall–Kier alpha value is -1.87. The summed E-state index contributed by atoms with van der Waals surface area (Å²) < 4.78 is 21.5. The maximum atomic E-state index is 11.0. The zero-order valence-corrected chi connectivity index (χ0v) is 21.5. The first-order valence-corrected chi connectivity index (χ1v) is 13.7. The zero-order chi connectivity index (χ0) is 25.3. The summed E-state index contributed by atoms with van der Waals surface area (Å²) in [5, 5.41) is 9.87. The number of halogens is 1. The first-order valence-electron chi connectivity index (χ1n) is 11.0. The summed E-state index contributed by atoms with van der Waals surface area (Å²) in [6, 6.07) is 23.6. The third kappa shape index (κ3) is 9.60. The molecule has 3 rings (SSSR count). The fourth-order valence-electron chi connectivity index (χ4n) is 3.39. The van der Waals surface area contributed by atoms with Crippen molar-refractivity contribution in [2.45, 2.75) is 41.2 Å². The second-order valence-corrected chi connectivity index (χ2v) is 11.0. The molecule has 35 heavy (non-hydrogen) atoms. The summed E-state index contributed by atoms with van der Waals surface area (Å²) in [6.45, 7) is -0.0991. The number of benzene rings is 3. The second kappa shape index (κ2) is 12.9. The van der Waals surface area contributed by atoms with Crippen molar-refractivity contribution in [3.63, 3.8) is 0 Å². The molecule has 3 aromatic carbocycles. The monoisotopic (exact) mass is 537 g/mol. The largest absolute Gasteiger partial charge is 0.489 e. The number of phosphoric acid groups is 1. The molecule has 0 saturated carbocycles. The summed E-state index contributed by atoms with van der Waals surface area (Å²) in [4.78, 5) is 19.9. The van der Waals surface area contributed by atoms with E-state index >= 15 is 0 Å². The molecule has 0 fully saturated rings. The average molecular weight is 538 g/mol. The fourth-order valence-corrected chi connectivity index (χ4v) is 5.06. The average Bonchev–Trinajstić information content (AvgIpc) is 2.82. The van der Waals surface area contributed by atoms with E-state index in [9.17, 15) is 9.67 Å². The SMILES string of the molecule is NC(CCO)(CCc1ccc(Sc2cccc(OCc3ccccc3)c2)cc1Cl)COP(=O)(O)O. The molecule has 0 radical (unpaired) electrons. The topological polar surface area (TPSA) is 122 Å². The quantitative estimate of drug-likeness (QED) is 0.220. The third-order valence-electron chi connectivity index (χ3n) is 5.34. The number of phosphoric ester groups is 1. The Morgan fingerprint density at radius 2 is 1.71 bits per heavy atom. The van der Waals surface area contributed by atoms with Crippen LogP contribution < -0.4 is 10.5 Å². The van der Waals surface area contributed by atoms with Crippen molar-refractivity contribution in [3.8, 4) is 5.75 Å². The first-order chi connectivity index (χ1) is 16.7. The van der Waals surface area contributed by atoms with Crippen LogP contribution in [-0.4, -0.2) is 33.6 Å². The van der Waals surface area contributed by atoms with Gasteiger partial charge in [0, 0.05) is 27.0 Å². The van der Waals surface area contributed by atoms with Gasteiger partial charge < -0.3 is 25.4 Å². The predicted octanol–water partition coefficient (Wildman–Crippen LogP) is 5.19. The van der Waals surface area contributed by atoms with Crippen molar-refractivity contribution in [3.05, 3.63) is 88.9 Å². The summed E-state index contributed by atoms with van der Waals surface area (Å²) in [7, 11) is -4.65. The van der Waals surface area contributed by atoms with Crippen LogP contribution in [0.25, 0.3) is 0 Å². The highest BCUT2D eigenvalue weighted by atomic mass is 35.5. The highest BCUT2D eigenvalue weighted by molar-refractivity contribution is 7.99. The Morgan fingerprint density at radius 3 is 2.40 bits per heavy atom. The number of rotatable bonds is 13. The molecule has 0 heterocycles. The molecule has 0 aliphatic carbocycles. The van der Waals surface area contributed by atoms with Gasteiger partial charge in [-0.2, -0.15) is 0 Å². The van der Waals surface area contributed by atoms with E-state index in [1.807, 2.05) is 72.8 Å². The van der Waals surface area contributed by atoms with Gasteiger partial charge in [0.1, 0.15) is 12.4 Å². The molecule has 0 bridgehead atoms. The summed E-state index contributed by atoms with van der Waals surface area (Å²) >= 11 is 8.08. The molecule has 0 amide bonds. The lowest BCUT2D eigenvalue weighted by Crippen LogP contribution is -2.45. The van der Waals surface area contributed by atoms with Crippen LogP contribution in [0.2, 0.25) is 5.02 Å². The van der Waals surface area contributed by atoms with E-state index < -0.39 is 13.4 Å². The van der Waals surface area contributed by atoms with E-state index in [0.717, 1.165) is 26.7 Å². The molecule has 1 atom stereocenters. The number of aryl methyl sites for hydroxylation is 1. The molecule has 0 aliphatic rings. The smallest absolute Gasteiger partial charge is 0.469 e. The van der Waals surface area contributed by atoms with Crippen LogP contribution in [0.15, 0.2) is 82.6 Å². The van der Waals surface area contributed by atoms with Gasteiger partial charge in [-0.1, -0.05) is 65.8 Å². The number of ether oxygens (including phenoxy) is 1. The van der Waals surface area contributed by atoms with E-state index in [0.29, 0.717) is 24.5 Å². The number of hydrogen-bond donors (Lipinski definition) is 4. The van der Waals surface area contributed by atoms with Crippen LogP contribution in [0.4, 0.5) is 0 Å². The van der Waals surface area contributed by atoms with Gasteiger partial charge in [0.05, 0.1) is 6.61 Å². The van der Waals surface area contributed by atoms with Crippen molar-refractivity contribution in [1.29, 1.82) is 0 Å². The summed E-state index contributed by atoms with van der Waals surface area (Å²) in [5.41, 5.74) is 7.09.